The van der Waals surface area contributed by atoms with E-state index in [9.17, 15) is 9.90 Å². The van der Waals surface area contributed by atoms with E-state index in [4.69, 9.17) is 14.6 Å². The molecular formula is C17H22O5. The Morgan fingerprint density at radius 3 is 2.64 bits per heavy atom. The number of rotatable bonds is 6. The highest BCUT2D eigenvalue weighted by molar-refractivity contribution is 5.67. The van der Waals surface area contributed by atoms with Crippen molar-refractivity contribution in [1.29, 1.82) is 0 Å². The lowest BCUT2D eigenvalue weighted by Gasteiger charge is -2.53. The van der Waals surface area contributed by atoms with E-state index >= 15 is 0 Å². The number of phenolic OH excluding ortho intramolecular Hbond substituents is 1. The Bertz CT molecular complexity index is 529. The second kappa shape index (κ2) is 5.89. The molecule has 3 aliphatic rings. The topological polar surface area (TPSA) is 76.0 Å². The average molecular weight is 306 g/mol. The first-order chi connectivity index (χ1) is 10.5. The maximum Gasteiger partial charge on any atom is 0.329 e. The van der Waals surface area contributed by atoms with Gasteiger partial charge in [-0.05, 0) is 55.2 Å². The Labute approximate surface area is 129 Å². The van der Waals surface area contributed by atoms with Crippen LogP contribution < -0.4 is 0 Å². The number of hydrogen-bond donors (Lipinski definition) is 2. The summed E-state index contributed by atoms with van der Waals surface area (Å²) in [4.78, 5) is 10.5. The van der Waals surface area contributed by atoms with E-state index in [1.54, 1.807) is 12.1 Å². The first kappa shape index (κ1) is 15.3. The summed E-state index contributed by atoms with van der Waals surface area (Å²) >= 11 is 0. The Hall–Kier alpha value is -1.59. The van der Waals surface area contributed by atoms with Crippen LogP contribution >= 0.6 is 0 Å². The standard InChI is InChI=1S/C17H22O5/c18-14-3-1-2-13(10-14)17-6-4-16(5-7-17,12-22-17)8-9-21-11-15(19)20/h1-3,10,18H,4-9,11-12H2,(H,19,20). The van der Waals surface area contributed by atoms with E-state index in [0.717, 1.165) is 37.7 Å². The number of fused-ring (bicyclic) bond motifs is 3. The van der Waals surface area contributed by atoms with Gasteiger partial charge in [0.05, 0.1) is 12.2 Å². The number of ether oxygens (including phenoxy) is 2. The zero-order valence-corrected chi connectivity index (χ0v) is 12.6. The molecule has 2 heterocycles. The lowest BCUT2D eigenvalue weighted by Crippen LogP contribution is -2.49. The summed E-state index contributed by atoms with van der Waals surface area (Å²) in [6.07, 6.45) is 4.83. The van der Waals surface area contributed by atoms with E-state index in [1.807, 2.05) is 12.1 Å². The third-order valence-electron chi connectivity index (χ3n) is 5.15. The minimum absolute atomic E-state index is 0.122. The van der Waals surface area contributed by atoms with Crippen molar-refractivity contribution < 1.29 is 24.5 Å². The van der Waals surface area contributed by atoms with Crippen molar-refractivity contribution in [2.24, 2.45) is 5.41 Å². The molecule has 1 saturated carbocycles. The summed E-state index contributed by atoms with van der Waals surface area (Å²) < 4.78 is 11.4. The van der Waals surface area contributed by atoms with Crippen LogP contribution in [0.2, 0.25) is 0 Å². The second-order valence-corrected chi connectivity index (χ2v) is 6.53. The first-order valence-electron chi connectivity index (χ1n) is 7.77. The number of carbonyl (C=O) groups is 1. The second-order valence-electron chi connectivity index (χ2n) is 6.53. The van der Waals surface area contributed by atoms with Gasteiger partial charge in [0.1, 0.15) is 12.4 Å². The van der Waals surface area contributed by atoms with Gasteiger partial charge in [0.15, 0.2) is 0 Å². The number of hydrogen-bond acceptors (Lipinski definition) is 4. The number of aromatic hydroxyl groups is 1. The van der Waals surface area contributed by atoms with E-state index in [1.165, 1.54) is 0 Å². The Balaban J connectivity index is 1.60. The van der Waals surface area contributed by atoms with Crippen LogP contribution in [0.4, 0.5) is 0 Å². The minimum atomic E-state index is -0.927. The van der Waals surface area contributed by atoms with Gasteiger partial charge in [-0.1, -0.05) is 12.1 Å². The van der Waals surface area contributed by atoms with Gasteiger partial charge in [0, 0.05) is 6.61 Å². The Morgan fingerprint density at radius 1 is 1.27 bits per heavy atom. The maximum atomic E-state index is 10.5. The fraction of sp³-hybridized carbons (Fsp3) is 0.588. The molecule has 2 aliphatic heterocycles. The molecule has 22 heavy (non-hydrogen) atoms. The van der Waals surface area contributed by atoms with Crippen molar-refractivity contribution in [2.45, 2.75) is 37.7 Å². The molecule has 2 N–H and O–H groups in total. The molecule has 0 unspecified atom stereocenters. The molecule has 0 amide bonds. The highest BCUT2D eigenvalue weighted by Crippen LogP contribution is 2.55. The van der Waals surface area contributed by atoms with Gasteiger partial charge in [-0.2, -0.15) is 0 Å². The predicted octanol–water partition coefficient (Wildman–Crippen LogP) is 2.67. The molecule has 2 saturated heterocycles. The minimum Gasteiger partial charge on any atom is -0.508 e. The smallest absolute Gasteiger partial charge is 0.329 e. The van der Waals surface area contributed by atoms with Crippen LogP contribution in [0.15, 0.2) is 24.3 Å². The summed E-state index contributed by atoms with van der Waals surface area (Å²) in [7, 11) is 0. The molecule has 1 aliphatic carbocycles. The van der Waals surface area contributed by atoms with Gasteiger partial charge in [-0.15, -0.1) is 0 Å². The van der Waals surface area contributed by atoms with Crippen molar-refractivity contribution in [1.82, 2.24) is 0 Å². The monoisotopic (exact) mass is 306 g/mol. The summed E-state index contributed by atoms with van der Waals surface area (Å²) in [5.41, 5.74) is 0.919. The van der Waals surface area contributed by atoms with Crippen molar-refractivity contribution in [3.8, 4) is 5.75 Å². The molecule has 0 atom stereocenters. The van der Waals surface area contributed by atoms with Crippen LogP contribution in [-0.2, 0) is 19.9 Å². The highest BCUT2D eigenvalue weighted by atomic mass is 16.5. The normalized spacial score (nSPS) is 30.4. The van der Waals surface area contributed by atoms with Crippen molar-refractivity contribution >= 4 is 5.97 Å². The van der Waals surface area contributed by atoms with Gasteiger partial charge in [-0.3, -0.25) is 0 Å². The van der Waals surface area contributed by atoms with Crippen molar-refractivity contribution in [2.75, 3.05) is 19.8 Å². The van der Waals surface area contributed by atoms with E-state index in [-0.39, 0.29) is 23.4 Å². The van der Waals surface area contributed by atoms with Gasteiger partial charge in [-0.25, -0.2) is 4.79 Å². The molecule has 0 radical (unpaired) electrons. The van der Waals surface area contributed by atoms with E-state index < -0.39 is 5.97 Å². The average Bonchev–Trinajstić information content (AvgIpc) is 2.53. The lowest BCUT2D eigenvalue weighted by atomic mass is 9.63. The molecular weight excluding hydrogens is 284 g/mol. The summed E-state index contributed by atoms with van der Waals surface area (Å²) in [6, 6.07) is 7.36. The van der Waals surface area contributed by atoms with Gasteiger partial charge < -0.3 is 19.7 Å². The fourth-order valence-corrected chi connectivity index (χ4v) is 3.70. The largest absolute Gasteiger partial charge is 0.508 e. The van der Waals surface area contributed by atoms with Crippen LogP contribution in [0.5, 0.6) is 5.75 Å². The van der Waals surface area contributed by atoms with Gasteiger partial charge in [0.25, 0.3) is 0 Å². The summed E-state index contributed by atoms with van der Waals surface area (Å²) in [6.45, 7) is 0.915. The SMILES string of the molecule is O=C(O)COCCC12CCC(c3cccc(O)c3)(CC1)OC2. The zero-order chi connectivity index (χ0) is 15.6. The van der Waals surface area contributed by atoms with Gasteiger partial charge >= 0.3 is 5.97 Å². The molecule has 2 bridgehead atoms. The quantitative estimate of drug-likeness (QED) is 0.790. The molecule has 120 valence electrons. The van der Waals surface area contributed by atoms with Crippen molar-refractivity contribution in [3.05, 3.63) is 29.8 Å². The van der Waals surface area contributed by atoms with E-state index in [0.29, 0.717) is 13.2 Å². The first-order valence-corrected chi connectivity index (χ1v) is 7.77. The summed E-state index contributed by atoms with van der Waals surface area (Å²) in [5.74, 6) is -0.649. The Kier molecular flexibility index (Phi) is 4.10. The van der Waals surface area contributed by atoms with Crippen LogP contribution in [0.25, 0.3) is 0 Å². The molecule has 1 aromatic carbocycles. The van der Waals surface area contributed by atoms with Crippen LogP contribution in [-0.4, -0.2) is 36.0 Å². The lowest BCUT2D eigenvalue weighted by molar-refractivity contribution is -0.194. The molecule has 0 aromatic heterocycles. The fourth-order valence-electron chi connectivity index (χ4n) is 3.70. The van der Waals surface area contributed by atoms with Crippen LogP contribution in [0, 0.1) is 5.41 Å². The number of carboxylic acids is 1. The molecule has 0 spiro atoms. The third kappa shape index (κ3) is 2.96. The molecule has 1 aromatic rings. The number of carboxylic acid groups (broad SMARTS) is 1. The summed E-state index contributed by atoms with van der Waals surface area (Å²) in [5, 5.41) is 18.3. The number of benzene rings is 1. The van der Waals surface area contributed by atoms with Crippen LogP contribution in [0.3, 0.4) is 0 Å². The molecule has 4 rings (SSSR count). The highest BCUT2D eigenvalue weighted by Gasteiger charge is 2.50. The molecule has 5 heteroatoms. The van der Waals surface area contributed by atoms with Gasteiger partial charge in [0.2, 0.25) is 0 Å². The maximum absolute atomic E-state index is 10.5. The van der Waals surface area contributed by atoms with Crippen molar-refractivity contribution in [3.63, 3.8) is 0 Å². The number of aliphatic carboxylic acids is 1. The predicted molar refractivity (Wildman–Crippen MR) is 79.7 cm³/mol. The molecule has 5 nitrogen and oxygen atoms in total. The Morgan fingerprint density at radius 2 is 2.05 bits per heavy atom. The van der Waals surface area contributed by atoms with Crippen LogP contribution in [0.1, 0.15) is 37.7 Å². The third-order valence-corrected chi connectivity index (χ3v) is 5.15. The number of phenols is 1. The zero-order valence-electron chi connectivity index (χ0n) is 12.6. The molecule has 3 fully saturated rings. The van der Waals surface area contributed by atoms with E-state index in [2.05, 4.69) is 0 Å².